The van der Waals surface area contributed by atoms with Crippen molar-refractivity contribution in [3.63, 3.8) is 0 Å². The van der Waals surface area contributed by atoms with E-state index in [1.807, 2.05) is 182 Å². The Kier molecular flexibility index (Phi) is 12.6. The number of nitrogens with one attached hydrogen (secondary N) is 3. The number of para-hydroxylation sites is 4. The van der Waals surface area contributed by atoms with Crippen molar-refractivity contribution in [1.82, 2.24) is 19.1 Å². The summed E-state index contributed by atoms with van der Waals surface area (Å²) in [4.78, 5) is 35.1. The zero-order valence-corrected chi connectivity index (χ0v) is 34.1. The fourth-order valence-corrected chi connectivity index (χ4v) is 6.84. The van der Waals surface area contributed by atoms with Gasteiger partial charge in [0.1, 0.15) is 23.4 Å². The molecule has 0 aliphatic heterocycles. The lowest BCUT2D eigenvalue weighted by Gasteiger charge is -2.22. The number of hydrogen-bond acceptors (Lipinski definition) is 8. The first kappa shape index (κ1) is 40.7. The van der Waals surface area contributed by atoms with Crippen molar-refractivity contribution in [2.75, 3.05) is 16.0 Å². The van der Waals surface area contributed by atoms with Gasteiger partial charge in [-0.05, 0) is 92.7 Å². The Morgan fingerprint density at radius 3 is 1.80 bits per heavy atom. The normalized spacial score (nSPS) is 10.3. The van der Waals surface area contributed by atoms with E-state index < -0.39 is 0 Å². The van der Waals surface area contributed by atoms with Crippen molar-refractivity contribution in [2.45, 2.75) is 27.7 Å². The molecule has 61 heavy (non-hydrogen) atoms. The number of aryl methyl sites for hydroxylation is 2. The molecule has 4 aromatic heterocycles. The molecular formula is C51H42N8O2. The Labute approximate surface area is 354 Å². The van der Waals surface area contributed by atoms with Gasteiger partial charge in [-0.2, -0.15) is 5.26 Å². The van der Waals surface area contributed by atoms with Crippen LogP contribution in [0.1, 0.15) is 30.9 Å². The lowest BCUT2D eigenvalue weighted by molar-refractivity contribution is 1.08. The van der Waals surface area contributed by atoms with Crippen molar-refractivity contribution < 1.29 is 0 Å². The molecule has 9 rings (SSSR count). The summed E-state index contributed by atoms with van der Waals surface area (Å²) < 4.78 is 3.98. The number of pyridine rings is 4. The molecule has 4 heterocycles. The molecule has 0 amide bonds. The molecule has 5 aromatic carbocycles. The number of fused-ring (bicyclic) bond motifs is 2. The van der Waals surface area contributed by atoms with Crippen LogP contribution in [0.25, 0.3) is 33.2 Å². The van der Waals surface area contributed by atoms with Crippen LogP contribution >= 0.6 is 0 Å². The summed E-state index contributed by atoms with van der Waals surface area (Å²) >= 11 is 0. The van der Waals surface area contributed by atoms with E-state index in [1.54, 1.807) is 12.3 Å². The molecule has 0 fully saturated rings. The molecule has 9 aromatic rings. The number of benzene rings is 4. The second-order valence-electron chi connectivity index (χ2n) is 13.6. The van der Waals surface area contributed by atoms with Crippen LogP contribution in [0.5, 0.6) is 0 Å². The van der Waals surface area contributed by atoms with Crippen molar-refractivity contribution in [1.29, 1.82) is 5.26 Å². The predicted molar refractivity (Wildman–Crippen MR) is 247 cm³/mol. The van der Waals surface area contributed by atoms with E-state index in [0.29, 0.717) is 45.0 Å². The minimum atomic E-state index is -0.236. The van der Waals surface area contributed by atoms with Crippen molar-refractivity contribution in [3.05, 3.63) is 214 Å². The Balaban J connectivity index is 0.000000179. The molecule has 0 atom stereocenters. The number of anilines is 6. The SMILES string of the molecule is CC.Cc1cc2c(c(C#N)n1)c(=O)cc(Nc1ccccc1)n2-c1ccccc1.Cc1cc2c(cn1)c(=O)c(Nc1ccccc1)c(Nc1c#cccc1)n2-c1ccccc1. The number of aromatic nitrogens is 4. The molecular weight excluding hydrogens is 757 g/mol. The maximum Gasteiger partial charge on any atom is 0.216 e. The van der Waals surface area contributed by atoms with Crippen LogP contribution in [-0.4, -0.2) is 19.1 Å². The average Bonchev–Trinajstić information content (AvgIpc) is 3.30. The molecule has 0 unspecified atom stereocenters. The number of nitriles is 1. The van der Waals surface area contributed by atoms with E-state index in [2.05, 4.69) is 44.1 Å². The lowest BCUT2D eigenvalue weighted by atomic mass is 10.1. The van der Waals surface area contributed by atoms with Crippen LogP contribution in [0.15, 0.2) is 174 Å². The summed E-state index contributed by atoms with van der Waals surface area (Å²) in [5.41, 5.74) is 7.33. The first-order valence-electron chi connectivity index (χ1n) is 19.8. The van der Waals surface area contributed by atoms with Crippen LogP contribution in [0, 0.1) is 37.3 Å². The average molecular weight is 799 g/mol. The smallest absolute Gasteiger partial charge is 0.216 e. The molecule has 0 radical (unpaired) electrons. The van der Waals surface area contributed by atoms with Gasteiger partial charge in [-0.25, -0.2) is 4.98 Å². The summed E-state index contributed by atoms with van der Waals surface area (Å²) in [6.45, 7) is 7.74. The van der Waals surface area contributed by atoms with Crippen LogP contribution in [0.2, 0.25) is 0 Å². The van der Waals surface area contributed by atoms with Crippen LogP contribution in [0.4, 0.5) is 34.4 Å². The van der Waals surface area contributed by atoms with Gasteiger partial charge in [0.15, 0.2) is 11.1 Å². The highest BCUT2D eigenvalue weighted by molar-refractivity contribution is 5.92. The first-order chi connectivity index (χ1) is 29.9. The third-order valence-electron chi connectivity index (χ3n) is 9.44. The van der Waals surface area contributed by atoms with E-state index in [9.17, 15) is 14.9 Å². The van der Waals surface area contributed by atoms with Gasteiger partial charge in [-0.15, -0.1) is 0 Å². The second-order valence-corrected chi connectivity index (χ2v) is 13.6. The molecule has 0 aliphatic carbocycles. The highest BCUT2D eigenvalue weighted by atomic mass is 16.1. The molecule has 0 saturated carbocycles. The van der Waals surface area contributed by atoms with Crippen molar-refractivity contribution in [2.24, 2.45) is 0 Å². The Bertz CT molecular complexity index is 3080. The van der Waals surface area contributed by atoms with E-state index in [1.165, 1.54) is 6.07 Å². The third-order valence-corrected chi connectivity index (χ3v) is 9.44. The summed E-state index contributed by atoms with van der Waals surface area (Å²) in [7, 11) is 0. The highest BCUT2D eigenvalue weighted by Gasteiger charge is 2.20. The summed E-state index contributed by atoms with van der Waals surface area (Å²) in [6.07, 6.45) is 1.65. The fraction of sp³-hybridized carbons (Fsp3) is 0.0784. The topological polar surface area (TPSA) is 130 Å². The number of hydrogen-bond donors (Lipinski definition) is 3. The first-order valence-corrected chi connectivity index (χ1v) is 19.8. The maximum atomic E-state index is 13.7. The van der Waals surface area contributed by atoms with Gasteiger partial charge in [-0.1, -0.05) is 98.8 Å². The largest absolute Gasteiger partial charge is 0.349 e. The van der Waals surface area contributed by atoms with Crippen LogP contribution in [0.3, 0.4) is 0 Å². The van der Waals surface area contributed by atoms with E-state index in [-0.39, 0.29) is 16.6 Å². The maximum absolute atomic E-state index is 13.7. The minimum absolute atomic E-state index is 0.133. The summed E-state index contributed by atoms with van der Waals surface area (Å²) in [5, 5.41) is 20.4. The Morgan fingerprint density at radius 1 is 0.639 bits per heavy atom. The van der Waals surface area contributed by atoms with Gasteiger partial charge >= 0.3 is 0 Å². The number of rotatable bonds is 8. The van der Waals surface area contributed by atoms with Gasteiger partial charge in [-0.3, -0.25) is 23.7 Å². The molecule has 10 nitrogen and oxygen atoms in total. The fourth-order valence-electron chi connectivity index (χ4n) is 6.84. The highest BCUT2D eigenvalue weighted by Crippen LogP contribution is 2.33. The predicted octanol–water partition coefficient (Wildman–Crippen LogP) is 11.1. The molecule has 298 valence electrons. The Hall–Kier alpha value is -8.47. The third kappa shape index (κ3) is 9.00. The van der Waals surface area contributed by atoms with Gasteiger partial charge in [0, 0.05) is 46.4 Å². The van der Waals surface area contributed by atoms with Crippen molar-refractivity contribution >= 4 is 56.2 Å². The Morgan fingerprint density at radius 2 is 1.21 bits per heavy atom. The molecule has 3 N–H and O–H groups in total. The zero-order chi connectivity index (χ0) is 42.7. The molecule has 10 heteroatoms. The van der Waals surface area contributed by atoms with Gasteiger partial charge in [0.25, 0.3) is 0 Å². The molecule has 0 spiro atoms. The van der Waals surface area contributed by atoms with Gasteiger partial charge in [0.05, 0.1) is 27.5 Å². The lowest BCUT2D eigenvalue weighted by Crippen LogP contribution is -2.18. The van der Waals surface area contributed by atoms with Gasteiger partial charge < -0.3 is 16.0 Å². The van der Waals surface area contributed by atoms with Crippen LogP contribution < -0.4 is 26.8 Å². The molecule has 0 saturated heterocycles. The second kappa shape index (κ2) is 18.9. The zero-order valence-electron chi connectivity index (χ0n) is 34.1. The van der Waals surface area contributed by atoms with E-state index in [4.69, 9.17) is 0 Å². The van der Waals surface area contributed by atoms with Crippen molar-refractivity contribution in [3.8, 4) is 17.4 Å². The van der Waals surface area contributed by atoms with E-state index in [0.717, 1.165) is 34.0 Å². The summed E-state index contributed by atoms with van der Waals surface area (Å²) in [6, 6.07) is 57.9. The summed E-state index contributed by atoms with van der Waals surface area (Å²) in [5.74, 6) is 1.23. The quantitative estimate of drug-likeness (QED) is 0.139. The van der Waals surface area contributed by atoms with Crippen LogP contribution in [-0.2, 0) is 0 Å². The minimum Gasteiger partial charge on any atom is -0.349 e. The monoisotopic (exact) mass is 798 g/mol. The van der Waals surface area contributed by atoms with Gasteiger partial charge in [0.2, 0.25) is 5.43 Å². The molecule has 0 aliphatic rings. The van der Waals surface area contributed by atoms with E-state index >= 15 is 0 Å². The number of nitrogens with zero attached hydrogens (tertiary/aromatic N) is 5. The standard InChI is InChI=1S/C27H20N4O.C22H16N4O.C2H6/c1-19-17-24-23(18-28-19)26(32)25(29-20-11-5-2-6-12-20)27(30-21-13-7-3-8-14-21)31(24)22-15-9-4-10-16-22;1-15-12-19-22(18(14-23)24-15)20(27)13-21(25-16-8-4-2-5-9-16)26(19)17-10-6-3-7-11-17;1-2/h2-7,9-13,15-18,29-30H,1H3;2-13,25H,1H3;1-2H3. The molecule has 0 bridgehead atoms.